The zero-order valence-electron chi connectivity index (χ0n) is 19.7. The number of halogens is 3. The van der Waals surface area contributed by atoms with Gasteiger partial charge in [-0.25, -0.2) is 0 Å². The van der Waals surface area contributed by atoms with Gasteiger partial charge in [-0.05, 0) is 74.6 Å². The zero-order chi connectivity index (χ0) is 23.9. The first-order valence-corrected chi connectivity index (χ1v) is 12.2. The summed E-state index contributed by atoms with van der Waals surface area (Å²) in [6, 6.07) is 18.7. The highest BCUT2D eigenvalue weighted by Gasteiger charge is 2.50. The Hall–Kier alpha value is -2.32. The molecule has 1 saturated carbocycles. The molecule has 1 aliphatic carbocycles. The monoisotopic (exact) mass is 456 g/mol. The Bertz CT molecular complexity index is 915. The molecule has 1 fully saturated rings. The topological polar surface area (TPSA) is 27.0 Å². The van der Waals surface area contributed by atoms with E-state index in [0.717, 1.165) is 57.7 Å². The van der Waals surface area contributed by atoms with Crippen LogP contribution >= 0.6 is 0 Å². The minimum Gasteiger partial charge on any atom is -0.300 e. The highest BCUT2D eigenvalue weighted by Crippen LogP contribution is 2.52. The quantitative estimate of drug-likeness (QED) is 0.333. The smallest absolute Gasteiger partial charge is 0.300 e. The van der Waals surface area contributed by atoms with Crippen molar-refractivity contribution in [3.63, 3.8) is 0 Å². The van der Waals surface area contributed by atoms with E-state index in [4.69, 9.17) is 0 Å². The first-order valence-electron chi connectivity index (χ1n) is 12.2. The fraction of sp³-hybridized carbons (Fsp3) is 0.536. The molecular formula is C28H35F3N2. The molecule has 0 aliphatic heterocycles. The van der Waals surface area contributed by atoms with Crippen LogP contribution in [-0.4, -0.2) is 24.0 Å². The number of alkyl halides is 3. The van der Waals surface area contributed by atoms with E-state index in [1.165, 1.54) is 17.7 Å². The van der Waals surface area contributed by atoms with Gasteiger partial charge in [-0.15, -0.1) is 0 Å². The van der Waals surface area contributed by atoms with Gasteiger partial charge in [0.2, 0.25) is 0 Å². The maximum absolute atomic E-state index is 13.8. The van der Waals surface area contributed by atoms with Gasteiger partial charge in [-0.2, -0.15) is 18.4 Å². The van der Waals surface area contributed by atoms with Crippen LogP contribution in [0.1, 0.15) is 69.1 Å². The van der Waals surface area contributed by atoms with Crippen LogP contribution in [0.4, 0.5) is 13.2 Å². The Morgan fingerprint density at radius 3 is 2.15 bits per heavy atom. The van der Waals surface area contributed by atoms with E-state index in [2.05, 4.69) is 36.9 Å². The summed E-state index contributed by atoms with van der Waals surface area (Å²) in [5.41, 5.74) is -0.266. The third-order valence-electron chi connectivity index (χ3n) is 7.09. The predicted octanol–water partition coefficient (Wildman–Crippen LogP) is 7.39. The average molecular weight is 457 g/mol. The summed E-state index contributed by atoms with van der Waals surface area (Å²) in [6.45, 7) is 6.17. The maximum atomic E-state index is 13.8. The van der Waals surface area contributed by atoms with Crippen molar-refractivity contribution in [2.45, 2.75) is 76.4 Å². The molecule has 0 saturated heterocycles. The molecule has 3 rings (SSSR count). The van der Waals surface area contributed by atoms with Crippen molar-refractivity contribution in [2.75, 3.05) is 13.1 Å². The summed E-state index contributed by atoms with van der Waals surface area (Å²) >= 11 is 0. The van der Waals surface area contributed by atoms with Crippen molar-refractivity contribution in [1.29, 1.82) is 5.26 Å². The van der Waals surface area contributed by atoms with E-state index in [0.29, 0.717) is 6.42 Å². The molecule has 0 bridgehead atoms. The number of benzene rings is 2. The Labute approximate surface area is 196 Å². The fourth-order valence-electron chi connectivity index (χ4n) is 5.18. The summed E-state index contributed by atoms with van der Waals surface area (Å²) in [6.07, 6.45) is 1.26. The molecule has 2 atom stereocenters. The molecule has 1 aliphatic rings. The van der Waals surface area contributed by atoms with Crippen LogP contribution in [0.3, 0.4) is 0 Å². The Morgan fingerprint density at radius 1 is 0.970 bits per heavy atom. The van der Waals surface area contributed by atoms with E-state index >= 15 is 0 Å². The minimum atomic E-state index is -4.46. The molecule has 178 valence electrons. The molecule has 0 amide bonds. The predicted molar refractivity (Wildman–Crippen MR) is 127 cm³/mol. The molecule has 5 heteroatoms. The number of hydrogen-bond acceptors (Lipinski definition) is 2. The van der Waals surface area contributed by atoms with Crippen molar-refractivity contribution in [1.82, 2.24) is 4.90 Å². The van der Waals surface area contributed by atoms with Crippen molar-refractivity contribution < 1.29 is 13.2 Å². The molecule has 0 N–H and O–H groups in total. The molecule has 0 radical (unpaired) electrons. The van der Waals surface area contributed by atoms with E-state index < -0.39 is 17.2 Å². The molecule has 0 spiro atoms. The lowest BCUT2D eigenvalue weighted by molar-refractivity contribution is -0.138. The third-order valence-corrected chi connectivity index (χ3v) is 7.09. The van der Waals surface area contributed by atoms with Crippen LogP contribution in [0, 0.1) is 17.2 Å². The fourth-order valence-corrected chi connectivity index (χ4v) is 5.18. The van der Waals surface area contributed by atoms with Gasteiger partial charge in [0, 0.05) is 12.6 Å². The third kappa shape index (κ3) is 6.18. The summed E-state index contributed by atoms with van der Waals surface area (Å²) < 4.78 is 41.5. The molecule has 0 heterocycles. The minimum absolute atomic E-state index is 0.00690. The lowest BCUT2D eigenvalue weighted by atomic mass is 9.71. The lowest BCUT2D eigenvalue weighted by Gasteiger charge is -2.35. The molecule has 2 nitrogen and oxygen atoms in total. The normalized spacial score (nSPS) is 16.9. The maximum Gasteiger partial charge on any atom is 0.416 e. The number of hydrogen-bond donors (Lipinski definition) is 0. The largest absolute Gasteiger partial charge is 0.416 e. The second-order valence-electron chi connectivity index (χ2n) is 9.27. The summed E-state index contributed by atoms with van der Waals surface area (Å²) in [7, 11) is 0. The highest BCUT2D eigenvalue weighted by atomic mass is 19.4. The van der Waals surface area contributed by atoms with Crippen LogP contribution in [0.2, 0.25) is 0 Å². The molecule has 33 heavy (non-hydrogen) atoms. The van der Waals surface area contributed by atoms with Crippen LogP contribution in [-0.2, 0) is 18.0 Å². The van der Waals surface area contributed by atoms with Crippen molar-refractivity contribution in [3.8, 4) is 6.07 Å². The first kappa shape index (κ1) is 25.3. The zero-order valence-corrected chi connectivity index (χ0v) is 19.7. The van der Waals surface area contributed by atoms with Gasteiger partial charge in [0.25, 0.3) is 0 Å². The molecular weight excluding hydrogens is 421 g/mol. The van der Waals surface area contributed by atoms with Crippen molar-refractivity contribution in [3.05, 3.63) is 71.3 Å². The number of nitriles is 1. The van der Waals surface area contributed by atoms with Gasteiger partial charge in [0.15, 0.2) is 0 Å². The van der Waals surface area contributed by atoms with Gasteiger partial charge in [0.05, 0.1) is 17.0 Å². The van der Waals surface area contributed by atoms with Gasteiger partial charge < -0.3 is 4.90 Å². The number of rotatable bonds is 12. The van der Waals surface area contributed by atoms with E-state index in [9.17, 15) is 18.4 Å². The second kappa shape index (κ2) is 11.2. The first-order chi connectivity index (χ1) is 15.9. The standard InChI is InChI=1S/C28H35F3N2/c1-3-19-33(20-17-22-10-6-5-7-11-22)24(4-2)16-18-27(21-32,23-14-15-23)25-12-8-9-13-26(25)28(29,30)31/h5-13,23-24H,3-4,14-20H2,1-2H3. The van der Waals surface area contributed by atoms with Gasteiger partial charge in [-0.3, -0.25) is 0 Å². The Balaban J connectivity index is 1.81. The summed E-state index contributed by atoms with van der Waals surface area (Å²) in [4.78, 5) is 2.47. The van der Waals surface area contributed by atoms with Crippen LogP contribution < -0.4 is 0 Å². The van der Waals surface area contributed by atoms with Crippen LogP contribution in [0.5, 0.6) is 0 Å². The Morgan fingerprint density at radius 2 is 1.61 bits per heavy atom. The average Bonchev–Trinajstić information content (AvgIpc) is 3.66. The molecule has 0 aromatic heterocycles. The molecule has 2 unspecified atom stereocenters. The summed E-state index contributed by atoms with van der Waals surface area (Å²) in [5, 5.41) is 10.3. The second-order valence-corrected chi connectivity index (χ2v) is 9.27. The number of nitrogens with zero attached hydrogens (tertiary/aromatic N) is 2. The van der Waals surface area contributed by atoms with Crippen LogP contribution in [0.25, 0.3) is 0 Å². The summed E-state index contributed by atoms with van der Waals surface area (Å²) in [5.74, 6) is 0.00690. The lowest BCUT2D eigenvalue weighted by Crippen LogP contribution is -2.39. The van der Waals surface area contributed by atoms with E-state index in [1.54, 1.807) is 6.07 Å². The van der Waals surface area contributed by atoms with E-state index in [1.807, 2.05) is 18.2 Å². The van der Waals surface area contributed by atoms with Crippen LogP contribution in [0.15, 0.2) is 54.6 Å². The van der Waals surface area contributed by atoms with Gasteiger partial charge >= 0.3 is 6.18 Å². The van der Waals surface area contributed by atoms with Gasteiger partial charge in [-0.1, -0.05) is 62.4 Å². The SMILES string of the molecule is CCCN(CCc1ccccc1)C(CC)CCC(C#N)(c1ccccc1C(F)(F)F)C1CC1. The van der Waals surface area contributed by atoms with Crippen molar-refractivity contribution in [2.24, 2.45) is 5.92 Å². The van der Waals surface area contributed by atoms with E-state index in [-0.39, 0.29) is 17.5 Å². The van der Waals surface area contributed by atoms with Gasteiger partial charge in [0.1, 0.15) is 0 Å². The van der Waals surface area contributed by atoms with Crippen molar-refractivity contribution >= 4 is 0 Å². The molecule has 2 aromatic rings. The highest BCUT2D eigenvalue weighted by molar-refractivity contribution is 5.43. The Kier molecular flexibility index (Phi) is 8.59. The molecule has 2 aromatic carbocycles.